The zero-order valence-electron chi connectivity index (χ0n) is 14.3. The third-order valence-corrected chi connectivity index (χ3v) is 3.19. The number of aromatic nitrogens is 2. The van der Waals surface area contributed by atoms with Crippen LogP contribution in [0.25, 0.3) is 0 Å². The summed E-state index contributed by atoms with van der Waals surface area (Å²) in [5, 5.41) is 6.54. The molecule has 0 amide bonds. The van der Waals surface area contributed by atoms with Gasteiger partial charge >= 0.3 is 0 Å². The summed E-state index contributed by atoms with van der Waals surface area (Å²) in [4.78, 5) is 8.86. The summed E-state index contributed by atoms with van der Waals surface area (Å²) in [6.07, 6.45) is 0. The molecule has 1 heterocycles. The lowest BCUT2D eigenvalue weighted by atomic mass is 10.2. The molecule has 0 unspecified atom stereocenters. The number of nitrogens with one attached hydrogen (secondary N) is 2. The van der Waals surface area contributed by atoms with Gasteiger partial charge in [0.1, 0.15) is 5.82 Å². The summed E-state index contributed by atoms with van der Waals surface area (Å²) in [5.41, 5.74) is 2.00. The minimum atomic E-state index is 0.287. The van der Waals surface area contributed by atoms with Crippen molar-refractivity contribution in [3.63, 3.8) is 0 Å². The van der Waals surface area contributed by atoms with Crippen LogP contribution in [0.15, 0.2) is 24.3 Å². The maximum absolute atomic E-state index is 5.32. The zero-order chi connectivity index (χ0) is 16.8. The largest absolute Gasteiger partial charge is 0.493 e. The summed E-state index contributed by atoms with van der Waals surface area (Å²) in [5.74, 6) is 2.86. The van der Waals surface area contributed by atoms with Gasteiger partial charge in [-0.05, 0) is 38.5 Å². The van der Waals surface area contributed by atoms with E-state index in [0.29, 0.717) is 18.2 Å². The Balaban J connectivity index is 2.10. The Bertz CT molecular complexity index is 659. The zero-order valence-corrected chi connectivity index (χ0v) is 14.3. The van der Waals surface area contributed by atoms with Crippen molar-refractivity contribution in [2.75, 3.05) is 24.9 Å². The number of hydrogen-bond donors (Lipinski definition) is 2. The van der Waals surface area contributed by atoms with Gasteiger partial charge in [-0.15, -0.1) is 0 Å². The van der Waals surface area contributed by atoms with Gasteiger partial charge in [0.05, 0.1) is 14.2 Å². The van der Waals surface area contributed by atoms with Crippen molar-refractivity contribution in [1.29, 1.82) is 0 Å². The lowest BCUT2D eigenvalue weighted by molar-refractivity contribution is 0.354. The molecular formula is C17H24N4O2. The molecular weight excluding hydrogens is 292 g/mol. The highest BCUT2D eigenvalue weighted by atomic mass is 16.5. The van der Waals surface area contributed by atoms with Gasteiger partial charge in [-0.3, -0.25) is 0 Å². The van der Waals surface area contributed by atoms with E-state index < -0.39 is 0 Å². The molecule has 6 heteroatoms. The van der Waals surface area contributed by atoms with Gasteiger partial charge in [-0.25, -0.2) is 4.98 Å². The first-order valence-electron chi connectivity index (χ1n) is 7.59. The Morgan fingerprint density at radius 3 is 2.43 bits per heavy atom. The van der Waals surface area contributed by atoms with Crippen LogP contribution >= 0.6 is 0 Å². The van der Waals surface area contributed by atoms with Crippen molar-refractivity contribution in [2.24, 2.45) is 0 Å². The SMILES string of the molecule is COc1ccc(CNc2cc(C)nc(NC(C)C)n2)cc1OC. The molecule has 0 atom stereocenters. The molecule has 2 N–H and O–H groups in total. The molecule has 0 aliphatic heterocycles. The Morgan fingerprint density at radius 2 is 1.78 bits per heavy atom. The first-order valence-corrected chi connectivity index (χ1v) is 7.59. The maximum atomic E-state index is 5.32. The van der Waals surface area contributed by atoms with E-state index in [1.807, 2.05) is 31.2 Å². The average Bonchev–Trinajstić information content (AvgIpc) is 2.51. The van der Waals surface area contributed by atoms with E-state index in [0.717, 1.165) is 22.8 Å². The number of benzene rings is 1. The molecule has 0 fully saturated rings. The Kier molecular flexibility index (Phi) is 5.62. The van der Waals surface area contributed by atoms with E-state index in [4.69, 9.17) is 9.47 Å². The van der Waals surface area contributed by atoms with Gasteiger partial charge < -0.3 is 20.1 Å². The fraction of sp³-hybridized carbons (Fsp3) is 0.412. The molecule has 0 radical (unpaired) electrons. The number of anilines is 2. The van der Waals surface area contributed by atoms with Crippen LogP contribution in [0.4, 0.5) is 11.8 Å². The molecule has 2 rings (SSSR count). The van der Waals surface area contributed by atoms with Gasteiger partial charge in [-0.2, -0.15) is 4.98 Å². The van der Waals surface area contributed by atoms with Crippen LogP contribution in [0.2, 0.25) is 0 Å². The Hall–Kier alpha value is -2.50. The fourth-order valence-corrected chi connectivity index (χ4v) is 2.17. The second-order valence-electron chi connectivity index (χ2n) is 5.56. The quantitative estimate of drug-likeness (QED) is 0.817. The van der Waals surface area contributed by atoms with Crippen molar-refractivity contribution in [2.45, 2.75) is 33.4 Å². The summed E-state index contributed by atoms with van der Waals surface area (Å²) >= 11 is 0. The summed E-state index contributed by atoms with van der Waals surface area (Å²) < 4.78 is 10.6. The van der Waals surface area contributed by atoms with Crippen LogP contribution in [-0.2, 0) is 6.54 Å². The second-order valence-corrected chi connectivity index (χ2v) is 5.56. The third kappa shape index (κ3) is 4.74. The number of hydrogen-bond acceptors (Lipinski definition) is 6. The van der Waals surface area contributed by atoms with E-state index >= 15 is 0 Å². The van der Waals surface area contributed by atoms with E-state index in [2.05, 4.69) is 34.4 Å². The van der Waals surface area contributed by atoms with Gasteiger partial charge in [0.2, 0.25) is 5.95 Å². The van der Waals surface area contributed by atoms with Crippen LogP contribution in [0, 0.1) is 6.92 Å². The number of rotatable bonds is 7. The van der Waals surface area contributed by atoms with Crippen molar-refractivity contribution in [3.05, 3.63) is 35.5 Å². The van der Waals surface area contributed by atoms with Gasteiger partial charge in [0.25, 0.3) is 0 Å². The van der Waals surface area contributed by atoms with E-state index in [1.54, 1.807) is 14.2 Å². The number of methoxy groups -OCH3 is 2. The average molecular weight is 316 g/mol. The predicted octanol–water partition coefficient (Wildman–Crippen LogP) is 3.23. The molecule has 1 aromatic heterocycles. The monoisotopic (exact) mass is 316 g/mol. The molecule has 0 spiro atoms. The topological polar surface area (TPSA) is 68.3 Å². The summed E-state index contributed by atoms with van der Waals surface area (Å²) in [7, 11) is 3.26. The fourth-order valence-electron chi connectivity index (χ4n) is 2.17. The van der Waals surface area contributed by atoms with Gasteiger partial charge in [0.15, 0.2) is 11.5 Å². The van der Waals surface area contributed by atoms with Crippen LogP contribution in [0.5, 0.6) is 11.5 Å². The highest BCUT2D eigenvalue weighted by Crippen LogP contribution is 2.27. The van der Waals surface area contributed by atoms with Crippen LogP contribution < -0.4 is 20.1 Å². The summed E-state index contributed by atoms with van der Waals surface area (Å²) in [6, 6.07) is 8.05. The number of aryl methyl sites for hydroxylation is 1. The molecule has 6 nitrogen and oxygen atoms in total. The minimum Gasteiger partial charge on any atom is -0.493 e. The Labute approximate surface area is 137 Å². The lowest BCUT2D eigenvalue weighted by Gasteiger charge is -2.13. The molecule has 0 aliphatic rings. The molecule has 0 saturated carbocycles. The van der Waals surface area contributed by atoms with Crippen molar-refractivity contribution >= 4 is 11.8 Å². The molecule has 1 aromatic carbocycles. The maximum Gasteiger partial charge on any atom is 0.225 e. The molecule has 0 aliphatic carbocycles. The van der Waals surface area contributed by atoms with Crippen LogP contribution in [-0.4, -0.2) is 30.2 Å². The number of nitrogens with zero attached hydrogens (tertiary/aromatic N) is 2. The van der Waals surface area contributed by atoms with E-state index in [-0.39, 0.29) is 6.04 Å². The van der Waals surface area contributed by atoms with E-state index in [9.17, 15) is 0 Å². The van der Waals surface area contributed by atoms with Crippen molar-refractivity contribution in [3.8, 4) is 11.5 Å². The van der Waals surface area contributed by atoms with Crippen molar-refractivity contribution in [1.82, 2.24) is 9.97 Å². The highest BCUT2D eigenvalue weighted by Gasteiger charge is 2.06. The molecule has 23 heavy (non-hydrogen) atoms. The highest BCUT2D eigenvalue weighted by molar-refractivity contribution is 5.46. The first-order chi connectivity index (χ1) is 11.0. The molecule has 0 saturated heterocycles. The summed E-state index contributed by atoms with van der Waals surface area (Å²) in [6.45, 7) is 6.71. The molecule has 0 bridgehead atoms. The third-order valence-electron chi connectivity index (χ3n) is 3.19. The number of ether oxygens (including phenoxy) is 2. The predicted molar refractivity (Wildman–Crippen MR) is 92.4 cm³/mol. The molecule has 124 valence electrons. The second kappa shape index (κ2) is 7.67. The smallest absolute Gasteiger partial charge is 0.225 e. The van der Waals surface area contributed by atoms with E-state index in [1.165, 1.54) is 0 Å². The van der Waals surface area contributed by atoms with Gasteiger partial charge in [0, 0.05) is 24.3 Å². The standard InChI is InChI=1S/C17H24N4O2/c1-11(2)19-17-20-12(3)8-16(21-17)18-10-13-6-7-14(22-4)15(9-13)23-5/h6-9,11H,10H2,1-5H3,(H2,18,19,20,21). The van der Waals surface area contributed by atoms with Gasteiger partial charge in [-0.1, -0.05) is 6.07 Å². The normalized spacial score (nSPS) is 10.5. The van der Waals surface area contributed by atoms with Crippen LogP contribution in [0.3, 0.4) is 0 Å². The molecule has 2 aromatic rings. The van der Waals surface area contributed by atoms with Crippen molar-refractivity contribution < 1.29 is 9.47 Å². The minimum absolute atomic E-state index is 0.287. The van der Waals surface area contributed by atoms with Crippen LogP contribution in [0.1, 0.15) is 25.1 Å². The Morgan fingerprint density at radius 1 is 1.04 bits per heavy atom. The first kappa shape index (κ1) is 16.9. The lowest BCUT2D eigenvalue weighted by Crippen LogP contribution is -2.14.